The Bertz CT molecular complexity index is 674. The molecule has 0 unspecified atom stereocenters. The highest BCUT2D eigenvalue weighted by atomic mass is 16.5. The molecule has 0 aliphatic heterocycles. The number of ketones is 2. The Balaban J connectivity index is 2.13. The zero-order valence-electron chi connectivity index (χ0n) is 10.9. The lowest BCUT2D eigenvalue weighted by Crippen LogP contribution is -2.11. The monoisotopic (exact) mass is 264 g/mol. The van der Waals surface area contributed by atoms with Crippen LogP contribution in [0.4, 0.5) is 0 Å². The van der Waals surface area contributed by atoms with Crippen LogP contribution in [0, 0.1) is 11.8 Å². The van der Waals surface area contributed by atoms with Crippen LogP contribution in [0.25, 0.3) is 0 Å². The first kappa shape index (κ1) is 13.6. The van der Waals surface area contributed by atoms with Gasteiger partial charge in [0, 0.05) is 11.1 Å². The van der Waals surface area contributed by atoms with Crippen molar-refractivity contribution in [2.45, 2.75) is 0 Å². The molecule has 0 aliphatic carbocycles. The molecule has 0 atom stereocenters. The van der Waals surface area contributed by atoms with E-state index in [1.54, 1.807) is 36.4 Å². The van der Waals surface area contributed by atoms with Gasteiger partial charge >= 0.3 is 0 Å². The van der Waals surface area contributed by atoms with Gasteiger partial charge in [-0.25, -0.2) is 0 Å². The van der Waals surface area contributed by atoms with Crippen LogP contribution in [0.1, 0.15) is 15.9 Å². The molecule has 0 aromatic heterocycles. The molecule has 0 fully saturated rings. The highest BCUT2D eigenvalue weighted by Gasteiger charge is 2.13. The molecule has 98 valence electrons. The van der Waals surface area contributed by atoms with Gasteiger partial charge < -0.3 is 4.74 Å². The number of hydrogen-bond donors (Lipinski definition) is 0. The average Bonchev–Trinajstić information content (AvgIpc) is 2.53. The van der Waals surface area contributed by atoms with E-state index in [9.17, 15) is 9.59 Å². The minimum Gasteiger partial charge on any atom is -0.497 e. The zero-order chi connectivity index (χ0) is 14.4. The van der Waals surface area contributed by atoms with Crippen LogP contribution >= 0.6 is 0 Å². The van der Waals surface area contributed by atoms with E-state index in [0.29, 0.717) is 16.9 Å². The molecule has 0 heterocycles. The summed E-state index contributed by atoms with van der Waals surface area (Å²) in [4.78, 5) is 23.6. The fourth-order valence-electron chi connectivity index (χ4n) is 1.58. The van der Waals surface area contributed by atoms with Crippen molar-refractivity contribution >= 4 is 11.6 Å². The second-order valence-electron chi connectivity index (χ2n) is 4.00. The van der Waals surface area contributed by atoms with Crippen LogP contribution in [-0.4, -0.2) is 18.7 Å². The maximum atomic E-state index is 11.9. The molecule has 2 rings (SSSR count). The quantitative estimate of drug-likeness (QED) is 0.486. The van der Waals surface area contributed by atoms with Crippen molar-refractivity contribution in [3.8, 4) is 17.6 Å². The Hall–Kier alpha value is -2.86. The Kier molecular flexibility index (Phi) is 4.31. The number of carbonyl (C=O) groups is 2. The van der Waals surface area contributed by atoms with Gasteiger partial charge in [0.2, 0.25) is 5.78 Å². The number of Topliss-reactive ketones (excluding diaryl/α,β-unsaturated/α-hetero) is 2. The molecule has 0 saturated heterocycles. The summed E-state index contributed by atoms with van der Waals surface area (Å²) in [6.45, 7) is 0. The molecule has 0 N–H and O–H groups in total. The molecule has 0 bridgehead atoms. The smallest absolute Gasteiger partial charge is 0.276 e. The van der Waals surface area contributed by atoms with Crippen molar-refractivity contribution in [3.63, 3.8) is 0 Å². The van der Waals surface area contributed by atoms with Gasteiger partial charge in [0.05, 0.1) is 7.11 Å². The van der Waals surface area contributed by atoms with Crippen molar-refractivity contribution in [1.29, 1.82) is 0 Å². The van der Waals surface area contributed by atoms with Gasteiger partial charge in [0.25, 0.3) is 5.78 Å². The van der Waals surface area contributed by atoms with Gasteiger partial charge in [-0.3, -0.25) is 9.59 Å². The number of rotatable bonds is 3. The van der Waals surface area contributed by atoms with Gasteiger partial charge in [0.15, 0.2) is 0 Å². The van der Waals surface area contributed by atoms with Gasteiger partial charge in [-0.05, 0) is 42.3 Å². The Morgan fingerprint density at radius 1 is 0.950 bits per heavy atom. The van der Waals surface area contributed by atoms with Gasteiger partial charge in [-0.2, -0.15) is 0 Å². The average molecular weight is 264 g/mol. The van der Waals surface area contributed by atoms with E-state index in [4.69, 9.17) is 4.74 Å². The minimum absolute atomic E-state index is 0.304. The van der Waals surface area contributed by atoms with Crippen LogP contribution < -0.4 is 4.74 Å². The molecule has 2 aromatic rings. The molecule has 0 radical (unpaired) electrons. The number of hydrogen-bond acceptors (Lipinski definition) is 3. The van der Waals surface area contributed by atoms with E-state index in [-0.39, 0.29) is 0 Å². The van der Waals surface area contributed by atoms with E-state index < -0.39 is 11.6 Å². The molecule has 3 heteroatoms. The van der Waals surface area contributed by atoms with Crippen molar-refractivity contribution < 1.29 is 14.3 Å². The lowest BCUT2D eigenvalue weighted by atomic mass is 10.1. The predicted molar refractivity (Wildman–Crippen MR) is 75.7 cm³/mol. The molecule has 3 nitrogen and oxygen atoms in total. The van der Waals surface area contributed by atoms with Crippen molar-refractivity contribution in [2.75, 3.05) is 7.11 Å². The van der Waals surface area contributed by atoms with Gasteiger partial charge in [-0.1, -0.05) is 24.1 Å². The summed E-state index contributed by atoms with van der Waals surface area (Å²) in [5, 5.41) is 0. The first-order valence-corrected chi connectivity index (χ1v) is 6.00. The van der Waals surface area contributed by atoms with Crippen molar-refractivity contribution in [1.82, 2.24) is 0 Å². The highest BCUT2D eigenvalue weighted by molar-refractivity contribution is 6.49. The predicted octanol–water partition coefficient (Wildman–Crippen LogP) is 2.50. The van der Waals surface area contributed by atoms with E-state index in [2.05, 4.69) is 11.8 Å². The van der Waals surface area contributed by atoms with Crippen LogP contribution in [0.5, 0.6) is 5.75 Å². The summed E-state index contributed by atoms with van der Waals surface area (Å²) >= 11 is 0. The summed E-state index contributed by atoms with van der Waals surface area (Å²) < 4.78 is 4.99. The van der Waals surface area contributed by atoms with E-state index in [0.717, 1.165) is 0 Å². The summed E-state index contributed by atoms with van der Waals surface area (Å²) in [7, 11) is 1.54. The highest BCUT2D eigenvalue weighted by Crippen LogP contribution is 2.11. The second-order valence-corrected chi connectivity index (χ2v) is 4.00. The molecular formula is C17H12O3. The Morgan fingerprint density at radius 3 is 2.20 bits per heavy atom. The fraction of sp³-hybridized carbons (Fsp3) is 0.0588. The van der Waals surface area contributed by atoms with E-state index in [1.807, 2.05) is 18.2 Å². The second kappa shape index (κ2) is 6.35. The van der Waals surface area contributed by atoms with Gasteiger partial charge in [-0.15, -0.1) is 0 Å². The zero-order valence-corrected chi connectivity index (χ0v) is 10.9. The third kappa shape index (κ3) is 3.33. The molecule has 0 spiro atoms. The molecule has 20 heavy (non-hydrogen) atoms. The molecule has 0 aliphatic rings. The lowest BCUT2D eigenvalue weighted by molar-refractivity contribution is -0.110. The van der Waals surface area contributed by atoms with Crippen LogP contribution in [0.2, 0.25) is 0 Å². The largest absolute Gasteiger partial charge is 0.497 e. The van der Waals surface area contributed by atoms with Crippen molar-refractivity contribution in [3.05, 3.63) is 65.7 Å². The number of methoxy groups -OCH3 is 1. The number of benzene rings is 2. The number of carbonyl (C=O) groups excluding carboxylic acids is 2. The SMILES string of the molecule is COc1ccc(C(=O)C(=O)C#Cc2ccccc2)cc1. The van der Waals surface area contributed by atoms with Gasteiger partial charge in [0.1, 0.15) is 5.75 Å². The maximum absolute atomic E-state index is 11.9. The third-order valence-electron chi connectivity index (χ3n) is 2.65. The van der Waals surface area contributed by atoms with Crippen LogP contribution in [-0.2, 0) is 4.79 Å². The van der Waals surface area contributed by atoms with Crippen LogP contribution in [0.15, 0.2) is 54.6 Å². The first-order valence-electron chi connectivity index (χ1n) is 6.00. The fourth-order valence-corrected chi connectivity index (χ4v) is 1.58. The maximum Gasteiger partial charge on any atom is 0.276 e. The summed E-state index contributed by atoms with van der Waals surface area (Å²) in [6.07, 6.45) is 0. The van der Waals surface area contributed by atoms with E-state index in [1.165, 1.54) is 7.11 Å². The van der Waals surface area contributed by atoms with E-state index >= 15 is 0 Å². The molecule has 0 saturated carbocycles. The molecular weight excluding hydrogens is 252 g/mol. The first-order chi connectivity index (χ1) is 9.70. The number of ether oxygens (including phenoxy) is 1. The standard InChI is InChI=1S/C17H12O3/c1-20-15-10-8-14(9-11-15)17(19)16(18)12-7-13-5-3-2-4-6-13/h2-6,8-11H,1H3. The van der Waals surface area contributed by atoms with Crippen LogP contribution in [0.3, 0.4) is 0 Å². The summed E-state index contributed by atoms with van der Waals surface area (Å²) in [5.41, 5.74) is 1.00. The normalized spacial score (nSPS) is 9.25. The molecule has 2 aromatic carbocycles. The topological polar surface area (TPSA) is 43.4 Å². The molecule has 0 amide bonds. The Labute approximate surface area is 117 Å². The lowest BCUT2D eigenvalue weighted by Gasteiger charge is -1.99. The van der Waals surface area contributed by atoms with Crippen molar-refractivity contribution in [2.24, 2.45) is 0 Å². The summed E-state index contributed by atoms with van der Waals surface area (Å²) in [5.74, 6) is 4.32. The minimum atomic E-state index is -0.723. The Morgan fingerprint density at radius 2 is 1.60 bits per heavy atom. The summed E-state index contributed by atoms with van der Waals surface area (Å²) in [6, 6.07) is 15.4. The third-order valence-corrected chi connectivity index (χ3v) is 2.65.